The molecule has 23 heavy (non-hydrogen) atoms. The highest BCUT2D eigenvalue weighted by atomic mass is 16.6. The number of aryl methyl sites for hydroxylation is 2. The van der Waals surface area contributed by atoms with E-state index in [4.69, 9.17) is 4.74 Å². The van der Waals surface area contributed by atoms with E-state index < -0.39 is 17.7 Å². The van der Waals surface area contributed by atoms with Crippen molar-refractivity contribution in [1.29, 1.82) is 0 Å². The first-order chi connectivity index (χ1) is 10.7. The van der Waals surface area contributed by atoms with Crippen LogP contribution in [0.4, 0.5) is 10.5 Å². The van der Waals surface area contributed by atoms with Gasteiger partial charge in [0.15, 0.2) is 0 Å². The van der Waals surface area contributed by atoms with Crippen molar-refractivity contribution in [3.8, 4) is 0 Å². The third-order valence-corrected chi connectivity index (χ3v) is 3.82. The molecule has 1 atom stereocenters. The summed E-state index contributed by atoms with van der Waals surface area (Å²) in [6.45, 7) is 10.0. The molecule has 1 heterocycles. The average molecular weight is 318 g/mol. The number of ether oxygens (including phenoxy) is 1. The lowest BCUT2D eigenvalue weighted by molar-refractivity contribution is -0.120. The summed E-state index contributed by atoms with van der Waals surface area (Å²) < 4.78 is 5.40. The summed E-state index contributed by atoms with van der Waals surface area (Å²) in [7, 11) is 0. The average Bonchev–Trinajstić information content (AvgIpc) is 2.89. The normalized spacial score (nSPS) is 18.0. The van der Waals surface area contributed by atoms with Crippen molar-refractivity contribution in [2.75, 3.05) is 11.9 Å². The van der Waals surface area contributed by atoms with Crippen molar-refractivity contribution in [2.45, 2.75) is 59.1 Å². The third kappa shape index (κ3) is 4.47. The van der Waals surface area contributed by atoms with Gasteiger partial charge in [-0.3, -0.25) is 9.69 Å². The van der Waals surface area contributed by atoms with Crippen molar-refractivity contribution in [3.63, 3.8) is 0 Å². The SMILES string of the molecule is Cc1ccc(NC(=O)[C@@H]2CCCN2C(=O)OC(C)(C)C)c(C)c1. The molecule has 1 aliphatic rings. The summed E-state index contributed by atoms with van der Waals surface area (Å²) >= 11 is 0. The Labute approximate surface area is 138 Å². The number of hydrogen-bond donors (Lipinski definition) is 1. The smallest absolute Gasteiger partial charge is 0.410 e. The molecule has 5 heteroatoms. The molecule has 2 amide bonds. The molecule has 0 aromatic heterocycles. The Hall–Kier alpha value is -2.04. The van der Waals surface area contributed by atoms with Crippen molar-refractivity contribution in [2.24, 2.45) is 0 Å². The molecular weight excluding hydrogens is 292 g/mol. The van der Waals surface area contributed by atoms with Crippen LogP contribution in [0.5, 0.6) is 0 Å². The van der Waals surface area contributed by atoms with E-state index in [1.165, 1.54) is 4.90 Å². The molecule has 1 aromatic rings. The fraction of sp³-hybridized carbons (Fsp3) is 0.556. The first-order valence-electron chi connectivity index (χ1n) is 8.05. The molecule has 0 bridgehead atoms. The van der Waals surface area contributed by atoms with Crippen molar-refractivity contribution < 1.29 is 14.3 Å². The van der Waals surface area contributed by atoms with Crippen molar-refractivity contribution >= 4 is 17.7 Å². The molecule has 1 N–H and O–H groups in total. The minimum absolute atomic E-state index is 0.152. The predicted octanol–water partition coefficient (Wildman–Crippen LogP) is 3.64. The van der Waals surface area contributed by atoms with Gasteiger partial charge < -0.3 is 10.1 Å². The lowest BCUT2D eigenvalue weighted by atomic mass is 10.1. The van der Waals surface area contributed by atoms with Gasteiger partial charge in [0.05, 0.1) is 0 Å². The molecule has 2 rings (SSSR count). The lowest BCUT2D eigenvalue weighted by Gasteiger charge is -2.28. The topological polar surface area (TPSA) is 58.6 Å². The molecule has 0 radical (unpaired) electrons. The van der Waals surface area contributed by atoms with Crippen LogP contribution in [0.3, 0.4) is 0 Å². The Morgan fingerprint density at radius 2 is 1.96 bits per heavy atom. The maximum Gasteiger partial charge on any atom is 0.410 e. The minimum Gasteiger partial charge on any atom is -0.444 e. The van der Waals surface area contributed by atoms with Crippen LogP contribution in [0, 0.1) is 13.8 Å². The number of likely N-dealkylation sites (tertiary alicyclic amines) is 1. The van der Waals surface area contributed by atoms with E-state index in [-0.39, 0.29) is 5.91 Å². The third-order valence-electron chi connectivity index (χ3n) is 3.82. The summed E-state index contributed by atoms with van der Waals surface area (Å²) in [5.74, 6) is -0.152. The van der Waals surface area contributed by atoms with Gasteiger partial charge in [0.2, 0.25) is 5.91 Å². The van der Waals surface area contributed by atoms with Crippen LogP contribution in [-0.4, -0.2) is 35.1 Å². The number of carbonyl (C=O) groups excluding carboxylic acids is 2. The van der Waals surface area contributed by atoms with Crippen LogP contribution in [0.1, 0.15) is 44.7 Å². The number of rotatable bonds is 2. The van der Waals surface area contributed by atoms with Gasteiger partial charge in [-0.2, -0.15) is 0 Å². The van der Waals surface area contributed by atoms with Crippen LogP contribution in [0.2, 0.25) is 0 Å². The van der Waals surface area contributed by atoms with E-state index in [0.717, 1.165) is 23.2 Å². The fourth-order valence-electron chi connectivity index (χ4n) is 2.75. The Kier molecular flexibility index (Phi) is 4.97. The predicted molar refractivity (Wildman–Crippen MR) is 90.5 cm³/mol. The molecule has 1 fully saturated rings. The maximum absolute atomic E-state index is 12.6. The van der Waals surface area contributed by atoms with Crippen molar-refractivity contribution in [3.05, 3.63) is 29.3 Å². The van der Waals surface area contributed by atoms with E-state index in [0.29, 0.717) is 13.0 Å². The zero-order valence-electron chi connectivity index (χ0n) is 14.6. The summed E-state index contributed by atoms with van der Waals surface area (Å²) in [5, 5.41) is 2.94. The molecule has 5 nitrogen and oxygen atoms in total. The standard InChI is InChI=1S/C18H26N2O3/c1-12-8-9-14(13(2)11-12)19-16(21)15-7-6-10-20(15)17(22)23-18(3,4)5/h8-9,11,15H,6-7,10H2,1-5H3,(H,19,21)/t15-/m0/s1. The van der Waals surface area contributed by atoms with E-state index in [1.54, 1.807) is 0 Å². The number of anilines is 1. The second-order valence-corrected chi connectivity index (χ2v) is 7.14. The Morgan fingerprint density at radius 1 is 1.26 bits per heavy atom. The monoisotopic (exact) mass is 318 g/mol. The highest BCUT2D eigenvalue weighted by Crippen LogP contribution is 2.23. The van der Waals surface area contributed by atoms with Crippen molar-refractivity contribution in [1.82, 2.24) is 4.90 Å². The summed E-state index contributed by atoms with van der Waals surface area (Å²) in [5.41, 5.74) is 2.39. The van der Waals surface area contributed by atoms with Gasteiger partial charge >= 0.3 is 6.09 Å². The zero-order chi connectivity index (χ0) is 17.2. The van der Waals surface area contributed by atoms with Crippen LogP contribution in [0.15, 0.2) is 18.2 Å². The lowest BCUT2D eigenvalue weighted by Crippen LogP contribution is -2.45. The highest BCUT2D eigenvalue weighted by molar-refractivity contribution is 5.97. The number of nitrogens with one attached hydrogen (secondary N) is 1. The summed E-state index contributed by atoms with van der Waals surface area (Å²) in [4.78, 5) is 26.4. The molecule has 0 spiro atoms. The number of carbonyl (C=O) groups is 2. The molecule has 0 unspecified atom stereocenters. The minimum atomic E-state index is -0.561. The first-order valence-corrected chi connectivity index (χ1v) is 8.05. The van der Waals surface area contributed by atoms with E-state index in [9.17, 15) is 9.59 Å². The largest absolute Gasteiger partial charge is 0.444 e. The van der Waals surface area contributed by atoms with Gasteiger partial charge in [-0.1, -0.05) is 17.7 Å². The Morgan fingerprint density at radius 3 is 2.57 bits per heavy atom. The quantitative estimate of drug-likeness (QED) is 0.905. The highest BCUT2D eigenvalue weighted by Gasteiger charge is 2.36. The number of hydrogen-bond acceptors (Lipinski definition) is 3. The van der Waals surface area contributed by atoms with Crippen LogP contribution in [-0.2, 0) is 9.53 Å². The number of nitrogens with zero attached hydrogens (tertiary/aromatic N) is 1. The van der Waals surface area contributed by atoms with Gasteiger partial charge in [0.25, 0.3) is 0 Å². The van der Waals surface area contributed by atoms with E-state index in [2.05, 4.69) is 5.32 Å². The van der Waals surface area contributed by atoms with Gasteiger partial charge in [-0.15, -0.1) is 0 Å². The first kappa shape index (κ1) is 17.3. The molecule has 0 saturated carbocycles. The van der Waals surface area contributed by atoms with Gasteiger partial charge in [-0.05, 0) is 59.1 Å². The van der Waals surface area contributed by atoms with Gasteiger partial charge in [-0.25, -0.2) is 4.79 Å². The molecule has 1 aliphatic heterocycles. The van der Waals surface area contributed by atoms with Crippen LogP contribution in [0.25, 0.3) is 0 Å². The van der Waals surface area contributed by atoms with E-state index >= 15 is 0 Å². The van der Waals surface area contributed by atoms with Crippen LogP contribution < -0.4 is 5.32 Å². The molecule has 126 valence electrons. The van der Waals surface area contributed by atoms with Gasteiger partial charge in [0, 0.05) is 12.2 Å². The fourth-order valence-corrected chi connectivity index (χ4v) is 2.75. The molecular formula is C18H26N2O3. The second-order valence-electron chi connectivity index (χ2n) is 7.14. The van der Waals surface area contributed by atoms with Crippen LogP contribution >= 0.6 is 0 Å². The number of benzene rings is 1. The molecule has 1 aromatic carbocycles. The second kappa shape index (κ2) is 6.60. The number of amides is 2. The Balaban J connectivity index is 2.07. The van der Waals surface area contributed by atoms with Gasteiger partial charge in [0.1, 0.15) is 11.6 Å². The maximum atomic E-state index is 12.6. The summed E-state index contributed by atoms with van der Waals surface area (Å²) in [6, 6.07) is 5.42. The summed E-state index contributed by atoms with van der Waals surface area (Å²) in [6.07, 6.45) is 1.05. The molecule has 1 saturated heterocycles. The molecule has 0 aliphatic carbocycles. The zero-order valence-corrected chi connectivity index (χ0v) is 14.6. The Bertz CT molecular complexity index is 605. The van der Waals surface area contributed by atoms with E-state index in [1.807, 2.05) is 52.8 Å².